The lowest BCUT2D eigenvalue weighted by atomic mass is 10.1. The Balaban J connectivity index is 2.58. The van der Waals surface area contributed by atoms with Crippen LogP contribution in [-0.4, -0.2) is 30.3 Å². The minimum absolute atomic E-state index is 0.102. The van der Waals surface area contributed by atoms with Crippen molar-refractivity contribution in [3.63, 3.8) is 0 Å². The number of nitrogens with one attached hydrogen (secondary N) is 1. The average molecular weight is 269 g/mol. The highest BCUT2D eigenvalue weighted by molar-refractivity contribution is 5.98. The number of halogens is 1. The van der Waals surface area contributed by atoms with Crippen LogP contribution in [0.15, 0.2) is 23.4 Å². The van der Waals surface area contributed by atoms with E-state index in [4.69, 9.17) is 15.7 Å². The van der Waals surface area contributed by atoms with Gasteiger partial charge in [-0.25, -0.2) is 4.39 Å². The first-order valence-corrected chi connectivity index (χ1v) is 6.13. The van der Waals surface area contributed by atoms with Crippen molar-refractivity contribution in [2.24, 2.45) is 10.9 Å². The quantitative estimate of drug-likeness (QED) is 0.230. The van der Waals surface area contributed by atoms with Crippen LogP contribution in [0.5, 0.6) is 0 Å². The van der Waals surface area contributed by atoms with Gasteiger partial charge in [0, 0.05) is 18.7 Å². The Morgan fingerprint density at radius 1 is 1.53 bits per heavy atom. The van der Waals surface area contributed by atoms with Gasteiger partial charge in [0.25, 0.3) is 0 Å². The van der Waals surface area contributed by atoms with Gasteiger partial charge >= 0.3 is 0 Å². The van der Waals surface area contributed by atoms with Crippen LogP contribution in [-0.2, 0) is 11.3 Å². The molecule has 1 rings (SSSR count). The monoisotopic (exact) mass is 269 g/mol. The van der Waals surface area contributed by atoms with Crippen LogP contribution in [0.2, 0.25) is 0 Å². The lowest BCUT2D eigenvalue weighted by Crippen LogP contribution is -2.23. The van der Waals surface area contributed by atoms with Crippen molar-refractivity contribution in [1.82, 2.24) is 5.32 Å². The molecule has 0 bridgehead atoms. The molecule has 0 fully saturated rings. The third-order valence-electron chi connectivity index (χ3n) is 2.50. The summed E-state index contributed by atoms with van der Waals surface area (Å²) in [5.41, 5.74) is 6.67. The lowest BCUT2D eigenvalue weighted by Gasteiger charge is -2.11. The van der Waals surface area contributed by atoms with Crippen LogP contribution in [0, 0.1) is 5.82 Å². The zero-order valence-electron chi connectivity index (χ0n) is 11.2. The van der Waals surface area contributed by atoms with E-state index < -0.39 is 5.82 Å². The van der Waals surface area contributed by atoms with Crippen molar-refractivity contribution in [2.45, 2.75) is 26.5 Å². The fourth-order valence-corrected chi connectivity index (χ4v) is 1.58. The van der Waals surface area contributed by atoms with E-state index in [0.29, 0.717) is 25.3 Å². The molecule has 0 heterocycles. The molecule has 0 aliphatic heterocycles. The summed E-state index contributed by atoms with van der Waals surface area (Å²) in [6, 6.07) is 4.20. The molecule has 106 valence electrons. The molecule has 5 nitrogen and oxygen atoms in total. The number of hydrogen-bond acceptors (Lipinski definition) is 4. The van der Waals surface area contributed by atoms with Gasteiger partial charge in [0.05, 0.1) is 12.7 Å². The first kappa shape index (κ1) is 15.4. The summed E-state index contributed by atoms with van der Waals surface area (Å²) in [7, 11) is 0. The summed E-state index contributed by atoms with van der Waals surface area (Å²) in [5, 5.41) is 14.7. The highest BCUT2D eigenvalue weighted by atomic mass is 19.1. The van der Waals surface area contributed by atoms with Gasteiger partial charge in [-0.2, -0.15) is 0 Å². The van der Waals surface area contributed by atoms with Gasteiger partial charge < -0.3 is 21.0 Å². The molecule has 0 aliphatic carbocycles. The van der Waals surface area contributed by atoms with Gasteiger partial charge in [-0.3, -0.25) is 0 Å². The van der Waals surface area contributed by atoms with Gasteiger partial charge in [-0.15, -0.1) is 0 Å². The predicted octanol–water partition coefficient (Wildman–Crippen LogP) is 1.43. The number of benzene rings is 1. The smallest absolute Gasteiger partial charge is 0.170 e. The zero-order chi connectivity index (χ0) is 14.3. The van der Waals surface area contributed by atoms with Crippen LogP contribution >= 0.6 is 0 Å². The molecule has 0 saturated heterocycles. The van der Waals surface area contributed by atoms with Crippen molar-refractivity contribution >= 4 is 5.84 Å². The average Bonchev–Trinajstić information content (AvgIpc) is 2.38. The summed E-state index contributed by atoms with van der Waals surface area (Å²) < 4.78 is 18.5. The van der Waals surface area contributed by atoms with Crippen molar-refractivity contribution in [1.29, 1.82) is 0 Å². The van der Waals surface area contributed by atoms with Gasteiger partial charge in [0.2, 0.25) is 0 Å². The van der Waals surface area contributed by atoms with Crippen molar-refractivity contribution in [3.05, 3.63) is 35.1 Å². The number of hydrogen-bond donors (Lipinski definition) is 3. The second-order valence-corrected chi connectivity index (χ2v) is 4.38. The third-order valence-corrected chi connectivity index (χ3v) is 2.50. The number of amidine groups is 1. The summed E-state index contributed by atoms with van der Waals surface area (Å²) in [5.74, 6) is -0.525. The van der Waals surface area contributed by atoms with E-state index in [1.807, 2.05) is 13.8 Å². The predicted molar refractivity (Wildman–Crippen MR) is 71.7 cm³/mol. The van der Waals surface area contributed by atoms with Crippen molar-refractivity contribution < 1.29 is 14.3 Å². The highest BCUT2D eigenvalue weighted by Crippen LogP contribution is 2.11. The first-order valence-electron chi connectivity index (χ1n) is 6.13. The molecule has 0 amide bonds. The minimum atomic E-state index is -0.423. The Kier molecular flexibility index (Phi) is 6.24. The molecule has 19 heavy (non-hydrogen) atoms. The standard InChI is InChI=1S/C13H20FN3O2/c1-9(2)19-6-5-16-8-10-3-4-11(14)7-12(10)13(15)17-18/h3-4,7,9,16,18H,5-6,8H2,1-2H3,(H2,15,17). The van der Waals surface area contributed by atoms with Crippen LogP contribution < -0.4 is 11.1 Å². The number of rotatable bonds is 7. The molecule has 6 heteroatoms. The molecule has 0 aliphatic rings. The Hall–Kier alpha value is -1.66. The number of oxime groups is 1. The van der Waals surface area contributed by atoms with Crippen LogP contribution in [0.1, 0.15) is 25.0 Å². The second-order valence-electron chi connectivity index (χ2n) is 4.38. The maximum Gasteiger partial charge on any atom is 0.170 e. The number of nitrogens with zero attached hydrogens (tertiary/aromatic N) is 1. The minimum Gasteiger partial charge on any atom is -0.409 e. The van der Waals surface area contributed by atoms with Crippen LogP contribution in [0.3, 0.4) is 0 Å². The summed E-state index contributed by atoms with van der Waals surface area (Å²) in [4.78, 5) is 0. The van der Waals surface area contributed by atoms with Gasteiger partial charge in [-0.1, -0.05) is 11.2 Å². The van der Waals surface area contributed by atoms with E-state index >= 15 is 0 Å². The molecular formula is C13H20FN3O2. The fourth-order valence-electron chi connectivity index (χ4n) is 1.58. The molecule has 0 saturated carbocycles. The third kappa shape index (κ3) is 5.23. The Bertz CT molecular complexity index is 436. The van der Waals surface area contributed by atoms with Gasteiger partial charge in [-0.05, 0) is 31.5 Å². The molecule has 4 N–H and O–H groups in total. The van der Waals surface area contributed by atoms with Crippen molar-refractivity contribution in [2.75, 3.05) is 13.2 Å². The molecule has 0 spiro atoms. The van der Waals surface area contributed by atoms with E-state index in [1.54, 1.807) is 6.07 Å². The van der Waals surface area contributed by atoms with Gasteiger partial charge in [0.15, 0.2) is 5.84 Å². The zero-order valence-corrected chi connectivity index (χ0v) is 11.2. The fraction of sp³-hybridized carbons (Fsp3) is 0.462. The normalized spacial score (nSPS) is 12.1. The van der Waals surface area contributed by atoms with Crippen molar-refractivity contribution in [3.8, 4) is 0 Å². The molecule has 0 aromatic heterocycles. The van der Waals surface area contributed by atoms with Gasteiger partial charge in [0.1, 0.15) is 5.82 Å². The topological polar surface area (TPSA) is 79.9 Å². The summed E-state index contributed by atoms with van der Waals surface area (Å²) in [6.07, 6.45) is 0.195. The summed E-state index contributed by atoms with van der Waals surface area (Å²) in [6.45, 7) is 5.70. The SMILES string of the molecule is CC(C)OCCNCc1ccc(F)cc1/C(N)=N/O. The number of ether oxygens (including phenoxy) is 1. The van der Waals surface area contributed by atoms with E-state index in [9.17, 15) is 4.39 Å². The maximum absolute atomic E-state index is 13.1. The Labute approximate surface area is 112 Å². The Morgan fingerprint density at radius 2 is 2.26 bits per heavy atom. The molecule has 1 aromatic carbocycles. The first-order chi connectivity index (χ1) is 9.04. The van der Waals surface area contributed by atoms with E-state index in [1.165, 1.54) is 12.1 Å². The maximum atomic E-state index is 13.1. The lowest BCUT2D eigenvalue weighted by molar-refractivity contribution is 0.0807. The number of nitrogens with two attached hydrogens (primary N) is 1. The van der Waals surface area contributed by atoms with Crippen LogP contribution in [0.25, 0.3) is 0 Å². The second kappa shape index (κ2) is 7.70. The van der Waals surface area contributed by atoms with E-state index in [2.05, 4.69) is 10.5 Å². The molecule has 0 radical (unpaired) electrons. The largest absolute Gasteiger partial charge is 0.409 e. The molecule has 1 aromatic rings. The molecule has 0 atom stereocenters. The Morgan fingerprint density at radius 3 is 2.89 bits per heavy atom. The highest BCUT2D eigenvalue weighted by Gasteiger charge is 2.08. The summed E-state index contributed by atoms with van der Waals surface area (Å²) >= 11 is 0. The molecule has 0 unspecified atom stereocenters. The van der Waals surface area contributed by atoms with Crippen LogP contribution in [0.4, 0.5) is 4.39 Å². The van der Waals surface area contributed by atoms with E-state index in [-0.39, 0.29) is 11.9 Å². The molecular weight excluding hydrogens is 249 g/mol. The van der Waals surface area contributed by atoms with E-state index in [0.717, 1.165) is 5.56 Å².